The second-order valence-electron chi connectivity index (χ2n) is 11.4. The Morgan fingerprint density at radius 1 is 1.14 bits per heavy atom. The van der Waals surface area contributed by atoms with Crippen molar-refractivity contribution < 1.29 is 38.9 Å². The van der Waals surface area contributed by atoms with Crippen molar-refractivity contribution >= 4 is 29.6 Å². The topological polar surface area (TPSA) is 165 Å². The van der Waals surface area contributed by atoms with E-state index in [0.717, 1.165) is 0 Å². The molecule has 0 radical (unpaired) electrons. The van der Waals surface area contributed by atoms with Crippen molar-refractivity contribution in [1.82, 2.24) is 5.32 Å². The highest BCUT2D eigenvalue weighted by Gasteiger charge is 2.32. The molecule has 5 N–H and O–H groups in total. The van der Waals surface area contributed by atoms with E-state index >= 15 is 0 Å². The zero-order valence-electron chi connectivity index (χ0n) is 25.9. The predicted octanol–water partition coefficient (Wildman–Crippen LogP) is 5.13. The number of cyclic esters (lactones) is 1. The number of rotatable bonds is 9. The van der Waals surface area contributed by atoms with Gasteiger partial charge in [0.15, 0.2) is 0 Å². The van der Waals surface area contributed by atoms with Crippen molar-refractivity contribution in [3.63, 3.8) is 0 Å². The molecule has 10 heteroatoms. The van der Waals surface area contributed by atoms with E-state index in [4.69, 9.17) is 15.2 Å². The number of Topliss-reactive ketones (excluding diaryl/α,β-unsaturated/α-hetero) is 1. The molecule has 1 heterocycles. The monoisotopic (exact) mass is 608 g/mol. The van der Waals surface area contributed by atoms with Gasteiger partial charge in [-0.2, -0.15) is 0 Å². The molecule has 3 rings (SSSR count). The Morgan fingerprint density at radius 2 is 1.82 bits per heavy atom. The van der Waals surface area contributed by atoms with Crippen molar-refractivity contribution in [2.75, 3.05) is 7.11 Å². The van der Waals surface area contributed by atoms with Crippen LogP contribution in [0.4, 0.5) is 0 Å². The summed E-state index contributed by atoms with van der Waals surface area (Å²) in [4.78, 5) is 51.1. The number of methoxy groups -OCH3 is 1. The number of hydrogen-bond donors (Lipinski definition) is 4. The number of primary amides is 1. The maximum Gasteiger partial charge on any atom is 0.342 e. The molecule has 0 aliphatic carbocycles. The molecule has 0 fully saturated rings. The number of ketones is 1. The van der Waals surface area contributed by atoms with E-state index in [-0.39, 0.29) is 40.6 Å². The van der Waals surface area contributed by atoms with Crippen molar-refractivity contribution in [2.45, 2.75) is 90.2 Å². The Balaban J connectivity index is 2.13. The SMILES string of the molecule is CCC(C)C(NC(=O)CC(c1ccc(OC)cc1)c1c(O)cc2c(c1O)C(=O)OC(C)CCCC(=O)CCCC=C2)C(N)=O. The molecule has 4 unspecified atom stereocenters. The number of benzene rings is 2. The summed E-state index contributed by atoms with van der Waals surface area (Å²) in [5.41, 5.74) is 6.20. The minimum Gasteiger partial charge on any atom is -0.507 e. The number of nitrogens with one attached hydrogen (secondary N) is 1. The van der Waals surface area contributed by atoms with E-state index in [1.807, 2.05) is 6.92 Å². The molecule has 0 bridgehead atoms. The van der Waals surface area contributed by atoms with Crippen molar-refractivity contribution in [3.8, 4) is 17.2 Å². The summed E-state index contributed by atoms with van der Waals surface area (Å²) >= 11 is 0. The van der Waals surface area contributed by atoms with Gasteiger partial charge in [-0.1, -0.05) is 44.6 Å². The first kappa shape index (κ1) is 34.2. The number of carbonyl (C=O) groups excluding carboxylic acids is 4. The lowest BCUT2D eigenvalue weighted by molar-refractivity contribution is -0.128. The fraction of sp³-hybridized carbons (Fsp3) is 0.471. The largest absolute Gasteiger partial charge is 0.507 e. The van der Waals surface area contributed by atoms with Crippen LogP contribution >= 0.6 is 0 Å². The molecule has 1 aliphatic heterocycles. The molecule has 0 saturated carbocycles. The molecule has 0 spiro atoms. The van der Waals surface area contributed by atoms with Gasteiger partial charge in [0.2, 0.25) is 11.8 Å². The number of aromatic hydroxyl groups is 2. The van der Waals surface area contributed by atoms with E-state index in [1.165, 1.54) is 13.2 Å². The number of fused-ring (bicyclic) bond motifs is 1. The number of phenolic OH excluding ortho intramolecular Hbond substituents is 2. The summed E-state index contributed by atoms with van der Waals surface area (Å²) in [6, 6.07) is 7.22. The lowest BCUT2D eigenvalue weighted by atomic mass is 9.84. The van der Waals surface area contributed by atoms with Crippen LogP contribution in [-0.2, 0) is 19.1 Å². The van der Waals surface area contributed by atoms with Gasteiger partial charge >= 0.3 is 5.97 Å². The Labute approximate surface area is 258 Å². The minimum absolute atomic E-state index is 0.0343. The van der Waals surface area contributed by atoms with Gasteiger partial charge in [0, 0.05) is 30.7 Å². The van der Waals surface area contributed by atoms with Crippen LogP contribution < -0.4 is 15.8 Å². The third-order valence-corrected chi connectivity index (χ3v) is 8.14. The number of esters is 1. The molecule has 2 aromatic rings. The minimum atomic E-state index is -0.926. The molecule has 0 saturated heterocycles. The number of allylic oxidation sites excluding steroid dienone is 1. The van der Waals surface area contributed by atoms with Gasteiger partial charge < -0.3 is 30.7 Å². The quantitative estimate of drug-likeness (QED) is 0.285. The normalized spacial score (nSPS) is 18.2. The van der Waals surface area contributed by atoms with Crippen LogP contribution in [0.3, 0.4) is 0 Å². The van der Waals surface area contributed by atoms with E-state index in [0.29, 0.717) is 56.3 Å². The average Bonchev–Trinajstić information content (AvgIpc) is 2.98. The number of nitrogens with two attached hydrogens (primary N) is 1. The van der Waals surface area contributed by atoms with Crippen LogP contribution in [0.2, 0.25) is 0 Å². The highest BCUT2D eigenvalue weighted by molar-refractivity contribution is 5.98. The average molecular weight is 609 g/mol. The number of hydrogen-bond acceptors (Lipinski definition) is 8. The molecule has 1 aliphatic rings. The molecule has 44 heavy (non-hydrogen) atoms. The number of ether oxygens (including phenoxy) is 2. The molecule has 2 amide bonds. The third kappa shape index (κ3) is 8.84. The van der Waals surface area contributed by atoms with E-state index in [2.05, 4.69) is 5.32 Å². The van der Waals surface area contributed by atoms with Crippen molar-refractivity contribution in [1.29, 1.82) is 0 Å². The lowest BCUT2D eigenvalue weighted by Crippen LogP contribution is -2.48. The van der Waals surface area contributed by atoms with E-state index in [9.17, 15) is 29.4 Å². The summed E-state index contributed by atoms with van der Waals surface area (Å²) in [5.74, 6) is -3.24. The summed E-state index contributed by atoms with van der Waals surface area (Å²) in [7, 11) is 1.52. The van der Waals surface area contributed by atoms with Gasteiger partial charge in [0.1, 0.15) is 34.6 Å². The second kappa shape index (κ2) is 15.9. The number of carbonyl (C=O) groups is 4. The van der Waals surface area contributed by atoms with Crippen LogP contribution in [0.25, 0.3) is 6.08 Å². The van der Waals surface area contributed by atoms with Crippen molar-refractivity contribution in [2.24, 2.45) is 11.7 Å². The molecule has 10 nitrogen and oxygen atoms in total. The first-order chi connectivity index (χ1) is 21.0. The summed E-state index contributed by atoms with van der Waals surface area (Å²) in [5, 5.41) is 25.7. The lowest BCUT2D eigenvalue weighted by Gasteiger charge is -2.25. The maximum atomic E-state index is 13.5. The number of amides is 2. The van der Waals surface area contributed by atoms with Crippen molar-refractivity contribution in [3.05, 3.63) is 58.7 Å². The van der Waals surface area contributed by atoms with Gasteiger partial charge in [-0.05, 0) is 67.9 Å². The Bertz CT molecular complexity index is 1370. The molecule has 238 valence electrons. The predicted molar refractivity (Wildman–Crippen MR) is 166 cm³/mol. The van der Waals surface area contributed by atoms with Gasteiger partial charge in [0.05, 0.1) is 13.2 Å². The third-order valence-electron chi connectivity index (χ3n) is 8.14. The Kier molecular flexibility index (Phi) is 12.4. The Morgan fingerprint density at radius 3 is 2.45 bits per heavy atom. The van der Waals surface area contributed by atoms with Crippen LogP contribution in [-0.4, -0.2) is 53.0 Å². The highest BCUT2D eigenvalue weighted by Crippen LogP contribution is 2.44. The maximum absolute atomic E-state index is 13.5. The second-order valence-corrected chi connectivity index (χ2v) is 11.4. The van der Waals surface area contributed by atoms with Crippen LogP contribution in [0.15, 0.2) is 36.4 Å². The summed E-state index contributed by atoms with van der Waals surface area (Å²) in [6.07, 6.45) is 6.28. The summed E-state index contributed by atoms with van der Waals surface area (Å²) < 4.78 is 10.9. The zero-order chi connectivity index (χ0) is 32.4. The molecule has 0 aromatic heterocycles. The smallest absolute Gasteiger partial charge is 0.342 e. The van der Waals surface area contributed by atoms with E-state index in [1.54, 1.807) is 50.3 Å². The van der Waals surface area contributed by atoms with Crippen LogP contribution in [0.1, 0.15) is 105 Å². The van der Waals surface area contributed by atoms with Gasteiger partial charge in [0.25, 0.3) is 0 Å². The molecular weight excluding hydrogens is 564 g/mol. The first-order valence-electron chi connectivity index (χ1n) is 15.2. The highest BCUT2D eigenvalue weighted by atomic mass is 16.5. The standard InChI is InChI=1S/C34H44N2O8/c1-5-20(2)31(33(35)41)36-28(39)19-26(22-14-16-25(43-4)17-15-22)30-27(38)18-23-11-7-6-8-12-24(37)13-9-10-21(3)44-34(42)29(23)32(30)40/h7,11,14-18,20-21,26,31,38,40H,5-6,8-10,12-13,19H2,1-4H3,(H2,35,41)(H,36,39). The summed E-state index contributed by atoms with van der Waals surface area (Å²) in [6.45, 7) is 5.41. The molecule has 2 aromatic carbocycles. The molecular formula is C34H44N2O8. The van der Waals surface area contributed by atoms with Gasteiger partial charge in [-0.3, -0.25) is 14.4 Å². The molecule has 4 atom stereocenters. The van der Waals surface area contributed by atoms with Gasteiger partial charge in [-0.15, -0.1) is 0 Å². The fourth-order valence-electron chi connectivity index (χ4n) is 5.39. The van der Waals surface area contributed by atoms with Gasteiger partial charge in [-0.25, -0.2) is 4.79 Å². The number of phenols is 2. The first-order valence-corrected chi connectivity index (χ1v) is 15.2. The van der Waals surface area contributed by atoms with Crippen LogP contribution in [0.5, 0.6) is 17.2 Å². The van der Waals surface area contributed by atoms with Crippen LogP contribution in [0, 0.1) is 5.92 Å². The Hall–Kier alpha value is -4.34. The van der Waals surface area contributed by atoms with E-state index < -0.39 is 41.6 Å². The zero-order valence-corrected chi connectivity index (χ0v) is 25.9. The fourth-order valence-corrected chi connectivity index (χ4v) is 5.39.